The number of amides is 1. The van der Waals surface area contributed by atoms with E-state index in [1.807, 2.05) is 11.8 Å². The Balaban J connectivity index is 2.25. The average Bonchev–Trinajstić information content (AvgIpc) is 1.95. The minimum atomic E-state index is 0.170. The molecule has 0 atom stereocenters. The van der Waals surface area contributed by atoms with E-state index in [4.69, 9.17) is 4.74 Å². The smallest absolute Gasteiger partial charge is 0.219 e. The van der Waals surface area contributed by atoms with Crippen molar-refractivity contribution in [2.75, 3.05) is 26.3 Å². The van der Waals surface area contributed by atoms with Gasteiger partial charge in [-0.3, -0.25) is 4.79 Å². The molecule has 3 nitrogen and oxygen atoms in total. The number of rotatable bonds is 3. The first-order valence-electron chi connectivity index (χ1n) is 4.41. The van der Waals surface area contributed by atoms with Crippen LogP contribution >= 0.6 is 0 Å². The molecule has 1 aliphatic heterocycles. The van der Waals surface area contributed by atoms with E-state index in [0.29, 0.717) is 0 Å². The molecule has 1 amide bonds. The van der Waals surface area contributed by atoms with Gasteiger partial charge < -0.3 is 9.64 Å². The maximum atomic E-state index is 10.9. The van der Waals surface area contributed by atoms with Crippen LogP contribution in [0.15, 0.2) is 0 Å². The quantitative estimate of drug-likeness (QED) is 0.631. The van der Waals surface area contributed by atoms with Gasteiger partial charge in [0.1, 0.15) is 0 Å². The van der Waals surface area contributed by atoms with E-state index < -0.39 is 0 Å². The van der Waals surface area contributed by atoms with Crippen LogP contribution in [0.5, 0.6) is 0 Å². The molecule has 12 heavy (non-hydrogen) atoms. The Kier molecular flexibility index (Phi) is 2.73. The van der Waals surface area contributed by atoms with Gasteiger partial charge in [-0.05, 0) is 6.92 Å². The third-order valence-electron chi connectivity index (χ3n) is 2.25. The largest absolute Gasteiger partial charge is 0.381 e. The lowest BCUT2D eigenvalue weighted by Crippen LogP contribution is -2.58. The molecule has 3 heteroatoms. The minimum absolute atomic E-state index is 0.170. The van der Waals surface area contributed by atoms with Crippen molar-refractivity contribution < 1.29 is 9.53 Å². The highest BCUT2D eigenvalue weighted by Gasteiger charge is 2.39. The van der Waals surface area contributed by atoms with Crippen molar-refractivity contribution in [1.82, 2.24) is 4.90 Å². The predicted octanol–water partition coefficient (Wildman–Crippen LogP) is 0.891. The van der Waals surface area contributed by atoms with E-state index in [-0.39, 0.29) is 11.3 Å². The van der Waals surface area contributed by atoms with E-state index in [9.17, 15) is 4.79 Å². The normalized spacial score (nSPS) is 20.4. The van der Waals surface area contributed by atoms with E-state index in [1.54, 1.807) is 6.92 Å². The lowest BCUT2D eigenvalue weighted by atomic mass is 9.83. The fraction of sp³-hybridized carbons (Fsp3) is 0.889. The van der Waals surface area contributed by atoms with E-state index >= 15 is 0 Å². The first-order valence-corrected chi connectivity index (χ1v) is 4.41. The molecule has 0 radical (unpaired) electrons. The van der Waals surface area contributed by atoms with Crippen LogP contribution in [0.1, 0.15) is 20.8 Å². The van der Waals surface area contributed by atoms with Crippen LogP contribution in [-0.4, -0.2) is 37.1 Å². The molecule has 1 heterocycles. The summed E-state index contributed by atoms with van der Waals surface area (Å²) in [6.07, 6.45) is 0. The number of carbonyl (C=O) groups excluding carboxylic acids is 1. The van der Waals surface area contributed by atoms with Gasteiger partial charge in [-0.2, -0.15) is 0 Å². The van der Waals surface area contributed by atoms with Gasteiger partial charge in [0.2, 0.25) is 5.91 Å². The second-order valence-electron chi connectivity index (χ2n) is 3.82. The topological polar surface area (TPSA) is 29.5 Å². The fourth-order valence-electron chi connectivity index (χ4n) is 1.54. The molecular weight excluding hydrogens is 154 g/mol. The van der Waals surface area contributed by atoms with Gasteiger partial charge in [0.15, 0.2) is 0 Å². The molecule has 0 bridgehead atoms. The second kappa shape index (κ2) is 3.44. The van der Waals surface area contributed by atoms with Crippen LogP contribution in [0, 0.1) is 5.41 Å². The SMILES string of the molecule is CCOCC1(C)CN(C(C)=O)C1. The summed E-state index contributed by atoms with van der Waals surface area (Å²) in [5.41, 5.74) is 0.210. The summed E-state index contributed by atoms with van der Waals surface area (Å²) < 4.78 is 5.33. The molecule has 0 aliphatic carbocycles. The summed E-state index contributed by atoms with van der Waals surface area (Å²) in [6.45, 7) is 8.99. The molecule has 70 valence electrons. The summed E-state index contributed by atoms with van der Waals surface area (Å²) in [6, 6.07) is 0. The molecule has 0 spiro atoms. The molecular formula is C9H17NO2. The van der Waals surface area contributed by atoms with Gasteiger partial charge >= 0.3 is 0 Å². The zero-order chi connectivity index (χ0) is 9.19. The van der Waals surface area contributed by atoms with E-state index in [1.165, 1.54) is 0 Å². The number of carbonyl (C=O) groups is 1. The van der Waals surface area contributed by atoms with Gasteiger partial charge in [0, 0.05) is 32.0 Å². The van der Waals surface area contributed by atoms with Crippen molar-refractivity contribution in [2.24, 2.45) is 5.41 Å². The third kappa shape index (κ3) is 1.97. The van der Waals surface area contributed by atoms with Gasteiger partial charge in [-0.15, -0.1) is 0 Å². The fourth-order valence-corrected chi connectivity index (χ4v) is 1.54. The summed E-state index contributed by atoms with van der Waals surface area (Å²) in [7, 11) is 0. The maximum Gasteiger partial charge on any atom is 0.219 e. The minimum Gasteiger partial charge on any atom is -0.381 e. The summed E-state index contributed by atoms with van der Waals surface area (Å²) in [5.74, 6) is 0.170. The Morgan fingerprint density at radius 1 is 1.58 bits per heavy atom. The molecule has 0 saturated carbocycles. The Labute approximate surface area is 73.7 Å². The summed E-state index contributed by atoms with van der Waals surface area (Å²) in [4.78, 5) is 12.7. The monoisotopic (exact) mass is 171 g/mol. The van der Waals surface area contributed by atoms with Crippen LogP contribution in [0.25, 0.3) is 0 Å². The van der Waals surface area contributed by atoms with Gasteiger partial charge in [-0.1, -0.05) is 6.92 Å². The number of hydrogen-bond donors (Lipinski definition) is 0. The Morgan fingerprint density at radius 2 is 2.17 bits per heavy atom. The molecule has 0 aromatic carbocycles. The zero-order valence-corrected chi connectivity index (χ0v) is 8.09. The molecule has 0 aromatic rings. The van der Waals surface area contributed by atoms with Crippen molar-refractivity contribution in [3.8, 4) is 0 Å². The van der Waals surface area contributed by atoms with E-state index in [0.717, 1.165) is 26.3 Å². The standard InChI is InChI=1S/C9H17NO2/c1-4-12-7-9(3)5-10(6-9)8(2)11/h4-7H2,1-3H3. The van der Waals surface area contributed by atoms with Crippen molar-refractivity contribution in [3.63, 3.8) is 0 Å². The van der Waals surface area contributed by atoms with Gasteiger partial charge in [-0.25, -0.2) is 0 Å². The summed E-state index contributed by atoms with van der Waals surface area (Å²) >= 11 is 0. The number of ether oxygens (including phenoxy) is 1. The van der Waals surface area contributed by atoms with E-state index in [2.05, 4.69) is 6.92 Å². The zero-order valence-electron chi connectivity index (χ0n) is 8.09. The molecule has 1 rings (SSSR count). The Hall–Kier alpha value is -0.570. The Morgan fingerprint density at radius 3 is 2.58 bits per heavy atom. The van der Waals surface area contributed by atoms with Gasteiger partial charge in [0.25, 0.3) is 0 Å². The predicted molar refractivity (Wildman–Crippen MR) is 46.9 cm³/mol. The van der Waals surface area contributed by atoms with Crippen LogP contribution < -0.4 is 0 Å². The van der Waals surface area contributed by atoms with Crippen molar-refractivity contribution in [2.45, 2.75) is 20.8 Å². The number of nitrogens with zero attached hydrogens (tertiary/aromatic N) is 1. The van der Waals surface area contributed by atoms with Crippen molar-refractivity contribution in [3.05, 3.63) is 0 Å². The molecule has 1 aliphatic rings. The second-order valence-corrected chi connectivity index (χ2v) is 3.82. The maximum absolute atomic E-state index is 10.9. The molecule has 0 N–H and O–H groups in total. The van der Waals surface area contributed by atoms with Crippen molar-refractivity contribution >= 4 is 5.91 Å². The highest BCUT2D eigenvalue weighted by molar-refractivity contribution is 5.74. The summed E-state index contributed by atoms with van der Waals surface area (Å²) in [5, 5.41) is 0. The van der Waals surface area contributed by atoms with Crippen LogP contribution in [0.3, 0.4) is 0 Å². The molecule has 1 fully saturated rings. The van der Waals surface area contributed by atoms with Crippen LogP contribution in [-0.2, 0) is 9.53 Å². The molecule has 0 unspecified atom stereocenters. The first-order chi connectivity index (χ1) is 5.57. The Bertz CT molecular complexity index is 173. The molecule has 1 saturated heterocycles. The average molecular weight is 171 g/mol. The lowest BCUT2D eigenvalue weighted by Gasteiger charge is -2.47. The van der Waals surface area contributed by atoms with Crippen LogP contribution in [0.2, 0.25) is 0 Å². The lowest BCUT2D eigenvalue weighted by molar-refractivity contribution is -0.143. The number of hydrogen-bond acceptors (Lipinski definition) is 2. The van der Waals surface area contributed by atoms with Crippen molar-refractivity contribution in [1.29, 1.82) is 0 Å². The third-order valence-corrected chi connectivity index (χ3v) is 2.25. The highest BCUT2D eigenvalue weighted by atomic mass is 16.5. The number of likely N-dealkylation sites (tertiary alicyclic amines) is 1. The first kappa shape index (κ1) is 9.52. The van der Waals surface area contributed by atoms with Gasteiger partial charge in [0.05, 0.1) is 6.61 Å². The molecule has 0 aromatic heterocycles. The van der Waals surface area contributed by atoms with Crippen LogP contribution in [0.4, 0.5) is 0 Å². The highest BCUT2D eigenvalue weighted by Crippen LogP contribution is 2.29.